The van der Waals surface area contributed by atoms with Crippen molar-refractivity contribution in [1.29, 1.82) is 0 Å². The smallest absolute Gasteiger partial charge is 0.0944 e. The Morgan fingerprint density at radius 2 is 1.95 bits per heavy atom. The minimum atomic E-state index is -0.0145. The Balaban J connectivity index is 2.53. The first-order valence-corrected chi connectivity index (χ1v) is 8.71. The van der Waals surface area contributed by atoms with E-state index in [1.54, 1.807) is 0 Å². The highest BCUT2D eigenvalue weighted by Gasteiger charge is 2.24. The van der Waals surface area contributed by atoms with E-state index in [1.165, 1.54) is 0 Å². The lowest BCUT2D eigenvalue weighted by Crippen LogP contribution is -2.26. The Morgan fingerprint density at radius 3 is 2.55 bits per heavy atom. The summed E-state index contributed by atoms with van der Waals surface area (Å²) in [6.07, 6.45) is 3.64. The fourth-order valence-corrected chi connectivity index (χ4v) is 3.82. The molecule has 4 nitrogen and oxygen atoms in total. The highest BCUT2D eigenvalue weighted by atomic mass is 79.9. The van der Waals surface area contributed by atoms with Gasteiger partial charge in [-0.1, -0.05) is 6.92 Å². The number of aromatic nitrogens is 3. The zero-order chi connectivity index (χ0) is 14.7. The van der Waals surface area contributed by atoms with E-state index in [0.29, 0.717) is 0 Å². The van der Waals surface area contributed by atoms with Crippen LogP contribution in [0.25, 0.3) is 0 Å². The molecule has 0 bridgehead atoms. The van der Waals surface area contributed by atoms with Crippen LogP contribution in [0, 0.1) is 0 Å². The van der Waals surface area contributed by atoms with Gasteiger partial charge in [0, 0.05) is 21.7 Å². The number of hydrogen-bond donors (Lipinski definition) is 1. The van der Waals surface area contributed by atoms with Crippen LogP contribution in [-0.2, 0) is 6.54 Å². The van der Waals surface area contributed by atoms with Crippen LogP contribution in [0.3, 0.4) is 0 Å². The van der Waals surface area contributed by atoms with Gasteiger partial charge < -0.3 is 5.32 Å². The van der Waals surface area contributed by atoms with Gasteiger partial charge in [-0.2, -0.15) is 5.10 Å². The number of aryl methyl sites for hydroxylation is 1. The normalized spacial score (nSPS) is 12.7. The van der Waals surface area contributed by atoms with Crippen LogP contribution in [0.2, 0.25) is 0 Å². The molecule has 0 aliphatic carbocycles. The summed E-state index contributed by atoms with van der Waals surface area (Å²) >= 11 is 10.6. The lowest BCUT2D eigenvalue weighted by molar-refractivity contribution is 0.531. The molecule has 0 aliphatic heterocycles. The molecule has 0 saturated heterocycles. The Morgan fingerprint density at radius 1 is 1.20 bits per heavy atom. The average molecular weight is 467 g/mol. The van der Waals surface area contributed by atoms with Gasteiger partial charge in [0.1, 0.15) is 0 Å². The van der Waals surface area contributed by atoms with Gasteiger partial charge in [-0.3, -0.25) is 9.67 Å². The summed E-state index contributed by atoms with van der Waals surface area (Å²) in [7, 11) is 0. The molecule has 2 aromatic rings. The predicted octanol–water partition coefficient (Wildman–Crippen LogP) is 4.28. The van der Waals surface area contributed by atoms with Crippen molar-refractivity contribution >= 4 is 47.8 Å². The van der Waals surface area contributed by atoms with Crippen LogP contribution in [0.1, 0.15) is 31.3 Å². The third-order valence-electron chi connectivity index (χ3n) is 2.92. The van der Waals surface area contributed by atoms with Crippen molar-refractivity contribution in [3.63, 3.8) is 0 Å². The van der Waals surface area contributed by atoms with Crippen molar-refractivity contribution in [3.8, 4) is 0 Å². The van der Waals surface area contributed by atoms with E-state index < -0.39 is 0 Å². The van der Waals surface area contributed by atoms with Crippen LogP contribution < -0.4 is 5.32 Å². The maximum atomic E-state index is 4.55. The zero-order valence-electron chi connectivity index (χ0n) is 11.2. The quantitative estimate of drug-likeness (QED) is 0.715. The van der Waals surface area contributed by atoms with Crippen LogP contribution >= 0.6 is 47.8 Å². The topological polar surface area (TPSA) is 42.7 Å². The van der Waals surface area contributed by atoms with E-state index in [0.717, 1.165) is 37.9 Å². The number of pyridine rings is 1. The summed E-state index contributed by atoms with van der Waals surface area (Å²) in [5, 5.41) is 7.87. The third-order valence-corrected chi connectivity index (χ3v) is 4.60. The minimum absolute atomic E-state index is 0.0145. The third kappa shape index (κ3) is 3.32. The van der Waals surface area contributed by atoms with Crippen molar-refractivity contribution < 1.29 is 0 Å². The van der Waals surface area contributed by atoms with Gasteiger partial charge in [0.2, 0.25) is 0 Å². The van der Waals surface area contributed by atoms with Crippen LogP contribution in [0.4, 0.5) is 0 Å². The first kappa shape index (κ1) is 16.1. The largest absolute Gasteiger partial charge is 0.304 e. The van der Waals surface area contributed by atoms with Crippen molar-refractivity contribution in [3.05, 3.63) is 43.3 Å². The summed E-state index contributed by atoms with van der Waals surface area (Å²) in [6.45, 7) is 5.82. The molecule has 0 saturated carbocycles. The predicted molar refractivity (Wildman–Crippen MR) is 90.8 cm³/mol. The first-order valence-electron chi connectivity index (χ1n) is 6.34. The summed E-state index contributed by atoms with van der Waals surface area (Å²) in [4.78, 5) is 4.55. The molecular weight excluding hydrogens is 452 g/mol. The lowest BCUT2D eigenvalue weighted by Gasteiger charge is -2.20. The summed E-state index contributed by atoms with van der Waals surface area (Å²) in [5.74, 6) is 0. The fourth-order valence-electron chi connectivity index (χ4n) is 2.08. The Bertz CT molecular complexity index is 597. The Hall–Kier alpha value is -0.240. The second-order valence-corrected chi connectivity index (χ2v) is 6.83. The van der Waals surface area contributed by atoms with E-state index in [4.69, 9.17) is 0 Å². The summed E-state index contributed by atoms with van der Waals surface area (Å²) in [6, 6.07) is 1.99. The van der Waals surface area contributed by atoms with Gasteiger partial charge in [0.15, 0.2) is 0 Å². The number of nitrogens with zero attached hydrogens (tertiary/aromatic N) is 3. The maximum Gasteiger partial charge on any atom is 0.0944 e. The molecule has 2 rings (SSSR count). The molecule has 7 heteroatoms. The van der Waals surface area contributed by atoms with Gasteiger partial charge in [0.05, 0.1) is 28.1 Å². The number of rotatable bonds is 5. The number of halogens is 3. The summed E-state index contributed by atoms with van der Waals surface area (Å²) in [5.41, 5.74) is 2.04. The molecule has 1 atom stereocenters. The van der Waals surface area contributed by atoms with Gasteiger partial charge >= 0.3 is 0 Å². The van der Waals surface area contributed by atoms with Gasteiger partial charge in [0.25, 0.3) is 0 Å². The molecule has 1 N–H and O–H groups in total. The van der Waals surface area contributed by atoms with Crippen molar-refractivity contribution in [1.82, 2.24) is 20.1 Å². The number of nitrogens with one attached hydrogen (secondary N) is 1. The maximum absolute atomic E-state index is 4.55. The second kappa shape index (κ2) is 7.15. The first-order chi connectivity index (χ1) is 9.58. The van der Waals surface area contributed by atoms with Gasteiger partial charge in [-0.25, -0.2) is 0 Å². The molecule has 0 fully saturated rings. The molecule has 0 aromatic carbocycles. The fraction of sp³-hybridized carbons (Fsp3) is 0.385. The molecule has 0 amide bonds. The minimum Gasteiger partial charge on any atom is -0.304 e. The molecule has 1 unspecified atom stereocenters. The zero-order valence-corrected chi connectivity index (χ0v) is 16.0. The molecule has 0 aliphatic rings. The van der Waals surface area contributed by atoms with Crippen LogP contribution in [0.5, 0.6) is 0 Å². The Kier molecular flexibility index (Phi) is 5.77. The van der Waals surface area contributed by atoms with E-state index in [1.807, 2.05) is 23.1 Å². The van der Waals surface area contributed by atoms with Gasteiger partial charge in [-0.05, 0) is 67.3 Å². The average Bonchev–Trinajstić information content (AvgIpc) is 2.78. The molecule has 2 heterocycles. The standard InChI is InChI=1S/C13H15Br3N4/c1-3-17-12(11-9(15)5-8(14)6-18-11)13-10(16)7-19-20(13)4-2/h5-7,12,17H,3-4H2,1-2H3. The van der Waals surface area contributed by atoms with E-state index >= 15 is 0 Å². The van der Waals surface area contributed by atoms with E-state index in [2.05, 4.69) is 77.0 Å². The molecule has 20 heavy (non-hydrogen) atoms. The Labute approximate surface area is 143 Å². The molecule has 108 valence electrons. The molecule has 0 radical (unpaired) electrons. The van der Waals surface area contributed by atoms with Crippen LogP contribution in [0.15, 0.2) is 31.9 Å². The highest BCUT2D eigenvalue weighted by Crippen LogP contribution is 2.32. The van der Waals surface area contributed by atoms with Crippen LogP contribution in [-0.4, -0.2) is 21.3 Å². The van der Waals surface area contributed by atoms with E-state index in [9.17, 15) is 0 Å². The SMILES string of the molecule is CCNC(c1ncc(Br)cc1Br)c1c(Br)cnn1CC. The van der Waals surface area contributed by atoms with Gasteiger partial charge in [-0.15, -0.1) is 0 Å². The van der Waals surface area contributed by atoms with Crippen molar-refractivity contribution in [2.24, 2.45) is 0 Å². The van der Waals surface area contributed by atoms with Crippen molar-refractivity contribution in [2.45, 2.75) is 26.4 Å². The van der Waals surface area contributed by atoms with E-state index in [-0.39, 0.29) is 6.04 Å². The number of hydrogen-bond acceptors (Lipinski definition) is 3. The highest BCUT2D eigenvalue weighted by molar-refractivity contribution is 9.11. The summed E-state index contributed by atoms with van der Waals surface area (Å²) < 4.78 is 4.88. The molecular formula is C13H15Br3N4. The lowest BCUT2D eigenvalue weighted by atomic mass is 10.1. The second-order valence-electron chi connectivity index (χ2n) is 4.20. The monoisotopic (exact) mass is 464 g/mol. The molecule has 0 spiro atoms. The molecule has 2 aromatic heterocycles. The van der Waals surface area contributed by atoms with Crippen molar-refractivity contribution in [2.75, 3.05) is 6.54 Å².